The number of rotatable bonds is 4. The minimum atomic E-state index is 0.0235. The maximum absolute atomic E-state index is 13.1. The molecular weight excluding hydrogens is 320 g/mol. The standard InChI is InChI=1S/C19H22N2O4/c1-23-8-6-14-10-20-7-2-3-16(20)12-21(11-14)19(22)15-4-5-17-18(9-15)25-13-24-17/h2-5,7,9,14H,6,8,10-13H2,1H3/t14-/m1/s1. The molecule has 0 aliphatic carbocycles. The zero-order chi connectivity index (χ0) is 17.2. The number of aromatic nitrogens is 1. The molecule has 6 nitrogen and oxygen atoms in total. The van der Waals surface area contributed by atoms with E-state index in [0.717, 1.165) is 25.2 Å². The molecule has 1 atom stereocenters. The number of methoxy groups -OCH3 is 1. The number of carbonyl (C=O) groups excluding carboxylic acids is 1. The van der Waals surface area contributed by atoms with Crippen molar-refractivity contribution in [3.63, 3.8) is 0 Å². The van der Waals surface area contributed by atoms with Crippen LogP contribution in [0, 0.1) is 5.92 Å². The number of ether oxygens (including phenoxy) is 3. The second-order valence-corrected chi connectivity index (χ2v) is 6.55. The van der Waals surface area contributed by atoms with Crippen molar-refractivity contribution in [3.05, 3.63) is 47.8 Å². The zero-order valence-electron chi connectivity index (χ0n) is 14.3. The van der Waals surface area contributed by atoms with Gasteiger partial charge in [0.25, 0.3) is 5.91 Å². The summed E-state index contributed by atoms with van der Waals surface area (Å²) < 4.78 is 18.2. The number of benzene rings is 1. The van der Waals surface area contributed by atoms with Crippen molar-refractivity contribution in [2.75, 3.05) is 27.1 Å². The molecule has 6 heteroatoms. The second-order valence-electron chi connectivity index (χ2n) is 6.55. The van der Waals surface area contributed by atoms with E-state index in [1.54, 1.807) is 19.2 Å². The smallest absolute Gasteiger partial charge is 0.254 e. The Labute approximate surface area is 146 Å². The van der Waals surface area contributed by atoms with Crippen molar-refractivity contribution >= 4 is 5.91 Å². The predicted molar refractivity (Wildman–Crippen MR) is 91.7 cm³/mol. The van der Waals surface area contributed by atoms with E-state index in [4.69, 9.17) is 14.2 Å². The Morgan fingerprint density at radius 2 is 2.12 bits per heavy atom. The Kier molecular flexibility index (Phi) is 4.36. The monoisotopic (exact) mass is 342 g/mol. The van der Waals surface area contributed by atoms with Gasteiger partial charge in [-0.25, -0.2) is 0 Å². The van der Waals surface area contributed by atoms with Crippen LogP contribution in [0.2, 0.25) is 0 Å². The first-order chi connectivity index (χ1) is 12.2. The molecule has 0 N–H and O–H groups in total. The van der Waals surface area contributed by atoms with E-state index in [9.17, 15) is 4.79 Å². The van der Waals surface area contributed by atoms with Gasteiger partial charge in [-0.1, -0.05) is 0 Å². The summed E-state index contributed by atoms with van der Waals surface area (Å²) in [7, 11) is 1.72. The molecule has 2 aliphatic rings. The van der Waals surface area contributed by atoms with Gasteiger partial charge in [-0.3, -0.25) is 4.79 Å². The van der Waals surface area contributed by atoms with Gasteiger partial charge < -0.3 is 23.7 Å². The van der Waals surface area contributed by atoms with Gasteiger partial charge in [0.2, 0.25) is 6.79 Å². The lowest BCUT2D eigenvalue weighted by Gasteiger charge is -2.24. The van der Waals surface area contributed by atoms with Crippen LogP contribution in [0.3, 0.4) is 0 Å². The lowest BCUT2D eigenvalue weighted by molar-refractivity contribution is 0.0705. The molecule has 0 bridgehead atoms. The average molecular weight is 342 g/mol. The highest BCUT2D eigenvalue weighted by atomic mass is 16.7. The summed E-state index contributed by atoms with van der Waals surface area (Å²) in [6.07, 6.45) is 3.02. The van der Waals surface area contributed by atoms with E-state index in [1.165, 1.54) is 0 Å². The van der Waals surface area contributed by atoms with Crippen LogP contribution < -0.4 is 9.47 Å². The van der Waals surface area contributed by atoms with E-state index < -0.39 is 0 Å². The Morgan fingerprint density at radius 1 is 1.24 bits per heavy atom. The predicted octanol–water partition coefficient (Wildman–Crippen LogP) is 2.53. The summed E-state index contributed by atoms with van der Waals surface area (Å²) in [5.74, 6) is 1.72. The van der Waals surface area contributed by atoms with Crippen LogP contribution in [0.4, 0.5) is 0 Å². The maximum atomic E-state index is 13.1. The SMILES string of the molecule is COCC[C@H]1CN(C(=O)c2ccc3c(c2)OCO3)Cc2cccn2C1. The summed E-state index contributed by atoms with van der Waals surface area (Å²) >= 11 is 0. The molecule has 2 aliphatic heterocycles. The van der Waals surface area contributed by atoms with Crippen molar-refractivity contribution < 1.29 is 19.0 Å². The highest BCUT2D eigenvalue weighted by Crippen LogP contribution is 2.33. The first-order valence-electron chi connectivity index (χ1n) is 8.56. The second kappa shape index (κ2) is 6.80. The van der Waals surface area contributed by atoms with Crippen molar-refractivity contribution in [3.8, 4) is 11.5 Å². The van der Waals surface area contributed by atoms with E-state index in [1.807, 2.05) is 17.0 Å². The molecule has 132 valence electrons. The van der Waals surface area contributed by atoms with E-state index >= 15 is 0 Å². The fraction of sp³-hybridized carbons (Fsp3) is 0.421. The highest BCUT2D eigenvalue weighted by molar-refractivity contribution is 5.95. The molecular formula is C19H22N2O4. The van der Waals surface area contributed by atoms with E-state index in [2.05, 4.69) is 16.8 Å². The number of carbonyl (C=O) groups is 1. The molecule has 0 saturated carbocycles. The minimum Gasteiger partial charge on any atom is -0.454 e. The number of nitrogens with zero attached hydrogens (tertiary/aromatic N) is 2. The van der Waals surface area contributed by atoms with Crippen molar-refractivity contribution in [2.24, 2.45) is 5.92 Å². The highest BCUT2D eigenvalue weighted by Gasteiger charge is 2.26. The number of fused-ring (bicyclic) bond motifs is 2. The van der Waals surface area contributed by atoms with Gasteiger partial charge in [0.15, 0.2) is 11.5 Å². The van der Waals surface area contributed by atoms with Crippen molar-refractivity contribution in [2.45, 2.75) is 19.5 Å². The Balaban J connectivity index is 1.58. The van der Waals surface area contributed by atoms with Crippen molar-refractivity contribution in [1.82, 2.24) is 9.47 Å². The van der Waals surface area contributed by atoms with Gasteiger partial charge in [-0.15, -0.1) is 0 Å². The van der Waals surface area contributed by atoms with Gasteiger partial charge in [0, 0.05) is 44.3 Å². The molecule has 25 heavy (non-hydrogen) atoms. The molecule has 1 amide bonds. The lowest BCUT2D eigenvalue weighted by Crippen LogP contribution is -2.34. The lowest BCUT2D eigenvalue weighted by atomic mass is 10.0. The molecule has 1 aromatic carbocycles. The van der Waals surface area contributed by atoms with Crippen LogP contribution in [0.15, 0.2) is 36.5 Å². The Hall–Kier alpha value is -2.47. The molecule has 3 heterocycles. The van der Waals surface area contributed by atoms with Crippen LogP contribution in [0.25, 0.3) is 0 Å². The molecule has 0 unspecified atom stereocenters. The third kappa shape index (κ3) is 3.22. The van der Waals surface area contributed by atoms with Crippen LogP contribution in [-0.2, 0) is 17.8 Å². The molecule has 0 fully saturated rings. The number of hydrogen-bond donors (Lipinski definition) is 0. The first kappa shape index (κ1) is 16.0. The summed E-state index contributed by atoms with van der Waals surface area (Å²) in [6, 6.07) is 9.51. The van der Waals surface area contributed by atoms with Gasteiger partial charge in [0.1, 0.15) is 0 Å². The normalized spacial score (nSPS) is 18.8. The molecule has 4 rings (SSSR count). The zero-order valence-corrected chi connectivity index (χ0v) is 14.3. The van der Waals surface area contributed by atoms with E-state index in [-0.39, 0.29) is 12.7 Å². The van der Waals surface area contributed by atoms with Crippen LogP contribution >= 0.6 is 0 Å². The third-order valence-electron chi connectivity index (χ3n) is 4.85. The van der Waals surface area contributed by atoms with Crippen LogP contribution in [0.5, 0.6) is 11.5 Å². The van der Waals surface area contributed by atoms with Gasteiger partial charge in [0.05, 0.1) is 6.54 Å². The quantitative estimate of drug-likeness (QED) is 0.857. The molecule has 0 saturated heterocycles. The fourth-order valence-corrected chi connectivity index (χ4v) is 3.51. The van der Waals surface area contributed by atoms with Crippen LogP contribution in [-0.4, -0.2) is 42.4 Å². The third-order valence-corrected chi connectivity index (χ3v) is 4.85. The Morgan fingerprint density at radius 3 is 3.00 bits per heavy atom. The number of amides is 1. The summed E-state index contributed by atoms with van der Waals surface area (Å²) in [5, 5.41) is 0. The maximum Gasteiger partial charge on any atom is 0.254 e. The fourth-order valence-electron chi connectivity index (χ4n) is 3.51. The average Bonchev–Trinajstić information content (AvgIpc) is 3.23. The van der Waals surface area contributed by atoms with Crippen LogP contribution in [0.1, 0.15) is 22.5 Å². The minimum absolute atomic E-state index is 0.0235. The molecule has 0 spiro atoms. The summed E-state index contributed by atoms with van der Waals surface area (Å²) in [6.45, 7) is 3.16. The molecule has 1 aromatic heterocycles. The molecule has 2 aromatic rings. The topological polar surface area (TPSA) is 52.9 Å². The van der Waals surface area contributed by atoms with Gasteiger partial charge in [-0.05, 0) is 42.7 Å². The summed E-state index contributed by atoms with van der Waals surface area (Å²) in [4.78, 5) is 15.0. The molecule has 0 radical (unpaired) electrons. The summed E-state index contributed by atoms with van der Waals surface area (Å²) in [5.41, 5.74) is 1.80. The van der Waals surface area contributed by atoms with Gasteiger partial charge in [-0.2, -0.15) is 0 Å². The van der Waals surface area contributed by atoms with Gasteiger partial charge >= 0.3 is 0 Å². The Bertz CT molecular complexity index is 771. The van der Waals surface area contributed by atoms with Crippen molar-refractivity contribution in [1.29, 1.82) is 0 Å². The number of hydrogen-bond acceptors (Lipinski definition) is 4. The van der Waals surface area contributed by atoms with E-state index in [0.29, 0.717) is 36.1 Å². The first-order valence-corrected chi connectivity index (χ1v) is 8.56. The largest absolute Gasteiger partial charge is 0.454 e.